The highest BCUT2D eigenvalue weighted by molar-refractivity contribution is 7.94. The lowest BCUT2D eigenvalue weighted by molar-refractivity contribution is 0.0514. The average Bonchev–Trinajstić information content (AvgIpc) is 3.31. The molecule has 0 amide bonds. The van der Waals surface area contributed by atoms with Gasteiger partial charge in [0, 0.05) is 6.07 Å². The second-order valence-corrected chi connectivity index (χ2v) is 8.72. The molecule has 148 valence electrons. The van der Waals surface area contributed by atoms with Gasteiger partial charge in [-0.05, 0) is 43.7 Å². The molecular formula is C18H18N2O6S2. The zero-order valence-corrected chi connectivity index (χ0v) is 17.0. The van der Waals surface area contributed by atoms with Crippen molar-refractivity contribution < 1.29 is 27.2 Å². The topological polar surface area (TPSA) is 108 Å². The number of thiophene rings is 1. The third-order valence-corrected chi connectivity index (χ3v) is 6.64. The summed E-state index contributed by atoms with van der Waals surface area (Å²) in [5.41, 5.74) is 1.26. The van der Waals surface area contributed by atoms with E-state index in [1.54, 1.807) is 25.1 Å². The van der Waals surface area contributed by atoms with Crippen molar-refractivity contribution in [1.29, 1.82) is 0 Å². The van der Waals surface area contributed by atoms with Crippen molar-refractivity contribution in [3.63, 3.8) is 0 Å². The highest BCUT2D eigenvalue weighted by Crippen LogP contribution is 2.34. The number of hydrogen-bond acceptors (Lipinski definition) is 8. The number of aromatic nitrogens is 1. The van der Waals surface area contributed by atoms with Gasteiger partial charge in [-0.3, -0.25) is 4.72 Å². The molecule has 0 radical (unpaired) electrons. The minimum atomic E-state index is -3.83. The molecule has 0 unspecified atom stereocenters. The summed E-state index contributed by atoms with van der Waals surface area (Å²) in [7, 11) is -2.36. The number of rotatable bonds is 7. The molecule has 2 heterocycles. The van der Waals surface area contributed by atoms with Gasteiger partial charge in [0.2, 0.25) is 0 Å². The first-order valence-corrected chi connectivity index (χ1v) is 10.6. The summed E-state index contributed by atoms with van der Waals surface area (Å²) in [4.78, 5) is 12.2. The van der Waals surface area contributed by atoms with Crippen molar-refractivity contribution in [3.8, 4) is 16.4 Å². The highest BCUT2D eigenvalue weighted by Gasteiger charge is 2.22. The Morgan fingerprint density at radius 3 is 2.75 bits per heavy atom. The Balaban J connectivity index is 1.85. The van der Waals surface area contributed by atoms with Gasteiger partial charge in [0.05, 0.1) is 24.3 Å². The largest absolute Gasteiger partial charge is 0.495 e. The lowest BCUT2D eigenvalue weighted by atomic mass is 10.2. The first-order chi connectivity index (χ1) is 13.3. The second kappa shape index (κ2) is 8.03. The summed E-state index contributed by atoms with van der Waals surface area (Å²) < 4.78 is 43.3. The van der Waals surface area contributed by atoms with E-state index in [-0.39, 0.29) is 22.3 Å². The third-order valence-electron chi connectivity index (χ3n) is 3.68. The van der Waals surface area contributed by atoms with Crippen molar-refractivity contribution in [1.82, 2.24) is 5.16 Å². The van der Waals surface area contributed by atoms with Crippen LogP contribution in [0.3, 0.4) is 0 Å². The molecule has 10 heteroatoms. The Morgan fingerprint density at radius 2 is 2.04 bits per heavy atom. The lowest BCUT2D eigenvalue weighted by Gasteiger charge is -2.11. The predicted octanol–water partition coefficient (Wildman–Crippen LogP) is 3.70. The fraction of sp³-hybridized carbons (Fsp3) is 0.222. The number of hydrogen-bond donors (Lipinski definition) is 1. The third kappa shape index (κ3) is 4.18. The average molecular weight is 422 g/mol. The van der Waals surface area contributed by atoms with Gasteiger partial charge in [0.15, 0.2) is 11.5 Å². The Hall–Kier alpha value is -2.85. The van der Waals surface area contributed by atoms with Crippen LogP contribution in [0.5, 0.6) is 5.75 Å². The maximum Gasteiger partial charge on any atom is 0.360 e. The normalized spacial score (nSPS) is 11.2. The molecule has 2 aromatic heterocycles. The number of benzene rings is 1. The molecule has 0 spiro atoms. The van der Waals surface area contributed by atoms with Crippen LogP contribution in [0.4, 0.5) is 5.69 Å². The smallest absolute Gasteiger partial charge is 0.360 e. The Morgan fingerprint density at radius 1 is 1.25 bits per heavy atom. The molecule has 0 aliphatic carbocycles. The van der Waals surface area contributed by atoms with E-state index in [0.29, 0.717) is 16.3 Å². The van der Waals surface area contributed by atoms with Crippen LogP contribution in [-0.4, -0.2) is 33.3 Å². The number of sulfonamides is 1. The minimum Gasteiger partial charge on any atom is -0.495 e. The first-order valence-electron chi connectivity index (χ1n) is 8.25. The number of nitrogens with one attached hydrogen (secondary N) is 1. The highest BCUT2D eigenvalue weighted by atomic mass is 32.2. The van der Waals surface area contributed by atoms with Crippen molar-refractivity contribution in [3.05, 3.63) is 47.7 Å². The fourth-order valence-electron chi connectivity index (χ4n) is 2.39. The molecule has 0 aliphatic heterocycles. The molecule has 8 nitrogen and oxygen atoms in total. The zero-order chi connectivity index (χ0) is 20.3. The summed E-state index contributed by atoms with van der Waals surface area (Å²) in [5, 5.41) is 3.66. The molecule has 1 aromatic carbocycles. The molecule has 3 aromatic rings. The maximum absolute atomic E-state index is 12.7. The predicted molar refractivity (Wildman–Crippen MR) is 104 cm³/mol. The Kier molecular flexibility index (Phi) is 5.71. The van der Waals surface area contributed by atoms with Crippen LogP contribution < -0.4 is 9.46 Å². The van der Waals surface area contributed by atoms with E-state index >= 15 is 0 Å². The van der Waals surface area contributed by atoms with Crippen LogP contribution in [-0.2, 0) is 14.8 Å². The van der Waals surface area contributed by atoms with Gasteiger partial charge in [-0.25, -0.2) is 13.2 Å². The van der Waals surface area contributed by atoms with Crippen LogP contribution in [0.25, 0.3) is 10.6 Å². The number of esters is 1. The number of nitrogens with zero attached hydrogens (tertiary/aromatic N) is 1. The molecule has 0 saturated heterocycles. The van der Waals surface area contributed by atoms with Gasteiger partial charge >= 0.3 is 5.97 Å². The Labute approximate surface area is 166 Å². The van der Waals surface area contributed by atoms with Gasteiger partial charge in [0.25, 0.3) is 10.0 Å². The number of anilines is 1. The summed E-state index contributed by atoms with van der Waals surface area (Å²) in [6.07, 6.45) is 0. The van der Waals surface area contributed by atoms with Crippen LogP contribution in [0.1, 0.15) is 23.0 Å². The number of carbonyl (C=O) groups is 1. The Bertz CT molecular complexity index is 1100. The maximum atomic E-state index is 12.7. The monoisotopic (exact) mass is 422 g/mol. The van der Waals surface area contributed by atoms with E-state index in [4.69, 9.17) is 14.0 Å². The van der Waals surface area contributed by atoms with E-state index in [2.05, 4.69) is 9.88 Å². The first kappa shape index (κ1) is 19.9. The number of methoxy groups -OCH3 is 1. The summed E-state index contributed by atoms with van der Waals surface area (Å²) in [5.74, 6) is 0.0954. The van der Waals surface area contributed by atoms with Crippen molar-refractivity contribution >= 4 is 33.0 Å². The van der Waals surface area contributed by atoms with Gasteiger partial charge in [-0.2, -0.15) is 0 Å². The van der Waals surface area contributed by atoms with Gasteiger partial charge in [-0.1, -0.05) is 11.2 Å². The number of ether oxygens (including phenoxy) is 2. The van der Waals surface area contributed by atoms with E-state index in [1.807, 2.05) is 13.0 Å². The minimum absolute atomic E-state index is 0.0253. The molecule has 0 fully saturated rings. The molecule has 0 bridgehead atoms. The molecule has 3 rings (SSSR count). The molecule has 1 N–H and O–H groups in total. The van der Waals surface area contributed by atoms with Crippen molar-refractivity contribution in [2.24, 2.45) is 0 Å². The quantitative estimate of drug-likeness (QED) is 0.578. The van der Waals surface area contributed by atoms with E-state index in [9.17, 15) is 13.2 Å². The molecule has 0 aliphatic rings. The summed E-state index contributed by atoms with van der Waals surface area (Å²) in [6.45, 7) is 3.76. The van der Waals surface area contributed by atoms with Crippen LogP contribution in [0.15, 0.2) is 45.1 Å². The summed E-state index contributed by atoms with van der Waals surface area (Å²) in [6, 6.07) is 9.66. The molecule has 0 atom stereocenters. The second-order valence-electron chi connectivity index (χ2n) is 5.72. The van der Waals surface area contributed by atoms with Crippen LogP contribution in [0.2, 0.25) is 0 Å². The fourth-order valence-corrected chi connectivity index (χ4v) is 4.70. The van der Waals surface area contributed by atoms with E-state index in [1.165, 1.54) is 19.2 Å². The number of carbonyl (C=O) groups excluding carboxylic acids is 1. The standard InChI is InChI=1S/C18H18N2O6S2/c1-4-25-18(21)13-10-15(26-19-13)16-7-8-17(27-16)28(22,23)20-12-9-11(2)5-6-14(12)24-3/h5-10,20H,4H2,1-3H3. The lowest BCUT2D eigenvalue weighted by Crippen LogP contribution is -2.12. The molecule has 0 saturated carbocycles. The molecule has 28 heavy (non-hydrogen) atoms. The van der Waals surface area contributed by atoms with E-state index < -0.39 is 16.0 Å². The zero-order valence-electron chi connectivity index (χ0n) is 15.4. The van der Waals surface area contributed by atoms with Gasteiger partial charge < -0.3 is 14.0 Å². The molecular weight excluding hydrogens is 404 g/mol. The van der Waals surface area contributed by atoms with Crippen LogP contribution >= 0.6 is 11.3 Å². The van der Waals surface area contributed by atoms with Crippen molar-refractivity contribution in [2.75, 3.05) is 18.4 Å². The van der Waals surface area contributed by atoms with Crippen LogP contribution in [0, 0.1) is 6.92 Å². The SMILES string of the molecule is CCOC(=O)c1cc(-c2ccc(S(=O)(=O)Nc3cc(C)ccc3OC)s2)on1. The number of aryl methyl sites for hydroxylation is 1. The summed E-state index contributed by atoms with van der Waals surface area (Å²) >= 11 is 0.991. The van der Waals surface area contributed by atoms with Crippen molar-refractivity contribution in [2.45, 2.75) is 18.1 Å². The van der Waals surface area contributed by atoms with Gasteiger partial charge in [0.1, 0.15) is 9.96 Å². The van der Waals surface area contributed by atoms with E-state index in [0.717, 1.165) is 16.9 Å². The van der Waals surface area contributed by atoms with Gasteiger partial charge in [-0.15, -0.1) is 11.3 Å².